The van der Waals surface area contributed by atoms with E-state index in [0.717, 1.165) is 34.4 Å². The molecule has 2 aliphatic carbocycles. The Morgan fingerprint density at radius 3 is 1.41 bits per heavy atom. The van der Waals surface area contributed by atoms with E-state index in [2.05, 4.69) is 229 Å². The molecule has 0 fully saturated rings. The van der Waals surface area contributed by atoms with Gasteiger partial charge in [0.25, 0.3) is 0 Å². The summed E-state index contributed by atoms with van der Waals surface area (Å²) in [5, 5.41) is 2.54. The summed E-state index contributed by atoms with van der Waals surface area (Å²) >= 11 is 0. The van der Waals surface area contributed by atoms with Gasteiger partial charge in [-0.05, 0) is 107 Å². The van der Waals surface area contributed by atoms with Gasteiger partial charge in [-0.2, -0.15) is 0 Å². The molecular formula is C59H40N2. The average molecular weight is 777 g/mol. The number of benzene rings is 9. The van der Waals surface area contributed by atoms with Crippen LogP contribution in [0.3, 0.4) is 0 Å². The Bertz CT molecular complexity index is 3230. The maximum atomic E-state index is 5.38. The Hall–Kier alpha value is -7.81. The third kappa shape index (κ3) is 5.68. The van der Waals surface area contributed by atoms with Crippen LogP contribution in [0.4, 0.5) is 0 Å². The number of hydrogen-bond donors (Lipinski definition) is 0. The Balaban J connectivity index is 1.16. The highest BCUT2D eigenvalue weighted by Crippen LogP contribution is 2.61. The normalized spacial score (nSPS) is 13.9. The standard InChI is InChI=1S/C59H40N2/c1-7-20-39(21-8-1)52-53(40-22-9-2-10-23-40)55(42-26-13-4-14-27-42)58-49-36-35-46(47-32-19-33-48(56(47)49)57(58)54(52)41-24-11-3-12-25-41)44-34-37-51-50(38-44)60-59(43-28-15-5-16-29-43)61(51)45-30-17-6-18-31-45/h1-30,32-38,45H,31H2. The summed E-state index contributed by atoms with van der Waals surface area (Å²) in [6.07, 6.45) is 9.78. The zero-order valence-corrected chi connectivity index (χ0v) is 33.5. The molecule has 10 aromatic rings. The van der Waals surface area contributed by atoms with Gasteiger partial charge in [0.05, 0.1) is 17.1 Å². The molecule has 0 bridgehead atoms. The number of rotatable bonds is 7. The monoisotopic (exact) mass is 776 g/mol. The Morgan fingerprint density at radius 2 is 0.885 bits per heavy atom. The number of nitrogens with zero attached hydrogens (tertiary/aromatic N) is 2. The Morgan fingerprint density at radius 1 is 0.393 bits per heavy atom. The lowest BCUT2D eigenvalue weighted by Crippen LogP contribution is -2.08. The van der Waals surface area contributed by atoms with Crippen molar-refractivity contribution in [3.8, 4) is 89.3 Å². The molecule has 2 aliphatic rings. The maximum Gasteiger partial charge on any atom is 0.141 e. The molecule has 1 heterocycles. The molecule has 0 saturated carbocycles. The first-order valence-corrected chi connectivity index (χ1v) is 21.2. The van der Waals surface area contributed by atoms with Gasteiger partial charge in [0, 0.05) is 5.56 Å². The van der Waals surface area contributed by atoms with Crippen molar-refractivity contribution in [1.29, 1.82) is 0 Å². The van der Waals surface area contributed by atoms with Crippen molar-refractivity contribution in [3.05, 3.63) is 224 Å². The highest BCUT2D eigenvalue weighted by Gasteiger charge is 2.34. The van der Waals surface area contributed by atoms with E-state index in [1.54, 1.807) is 0 Å². The lowest BCUT2D eigenvalue weighted by molar-refractivity contribution is 0.631. The first kappa shape index (κ1) is 35.2. The smallest absolute Gasteiger partial charge is 0.141 e. The molecule has 0 amide bonds. The zero-order valence-electron chi connectivity index (χ0n) is 33.5. The third-order valence-electron chi connectivity index (χ3n) is 12.7. The van der Waals surface area contributed by atoms with E-state index < -0.39 is 0 Å². The van der Waals surface area contributed by atoms with Crippen LogP contribution in [-0.4, -0.2) is 9.55 Å². The van der Waals surface area contributed by atoms with Crippen molar-refractivity contribution in [2.24, 2.45) is 0 Å². The Labute approximate surface area is 356 Å². The SMILES string of the molecule is C1=CCC(n2c(-c3ccccc3)nc3cc(-c4ccc5c6c(cccc46)-c4c(-c6ccccc6)c(-c6ccccc6)c(-c6ccccc6)c(-c6ccccc6)c4-5)ccc32)C=C1. The molecule has 0 N–H and O–H groups in total. The topological polar surface area (TPSA) is 17.8 Å². The van der Waals surface area contributed by atoms with Crippen LogP contribution < -0.4 is 0 Å². The highest BCUT2D eigenvalue weighted by molar-refractivity contribution is 6.27. The van der Waals surface area contributed by atoms with E-state index in [0.29, 0.717) is 0 Å². The number of aromatic nitrogens is 2. The van der Waals surface area contributed by atoms with Gasteiger partial charge in [0.15, 0.2) is 0 Å². The van der Waals surface area contributed by atoms with Gasteiger partial charge < -0.3 is 4.57 Å². The van der Waals surface area contributed by atoms with Crippen LogP contribution in [-0.2, 0) is 0 Å². The number of hydrogen-bond acceptors (Lipinski definition) is 1. The molecular weight excluding hydrogens is 737 g/mol. The predicted molar refractivity (Wildman–Crippen MR) is 256 cm³/mol. The van der Waals surface area contributed by atoms with Gasteiger partial charge in [-0.15, -0.1) is 0 Å². The molecule has 0 saturated heterocycles. The summed E-state index contributed by atoms with van der Waals surface area (Å²) in [7, 11) is 0. The summed E-state index contributed by atoms with van der Waals surface area (Å²) in [5.74, 6) is 0.999. The molecule has 9 aromatic carbocycles. The van der Waals surface area contributed by atoms with Crippen molar-refractivity contribution in [2.45, 2.75) is 12.5 Å². The average Bonchev–Trinajstić information content (AvgIpc) is 3.89. The van der Waals surface area contributed by atoms with Gasteiger partial charge in [0.2, 0.25) is 0 Å². The fourth-order valence-electron chi connectivity index (χ4n) is 10.1. The number of allylic oxidation sites excluding steroid dienone is 4. The Kier molecular flexibility index (Phi) is 8.35. The third-order valence-corrected chi connectivity index (χ3v) is 12.7. The summed E-state index contributed by atoms with van der Waals surface area (Å²) in [5.41, 5.74) is 20.6. The predicted octanol–water partition coefficient (Wildman–Crippen LogP) is 15.9. The maximum absolute atomic E-state index is 5.38. The van der Waals surface area contributed by atoms with Crippen molar-refractivity contribution in [2.75, 3.05) is 0 Å². The largest absolute Gasteiger partial charge is 0.317 e. The van der Waals surface area contributed by atoms with Gasteiger partial charge in [0.1, 0.15) is 5.82 Å². The molecule has 0 radical (unpaired) electrons. The summed E-state index contributed by atoms with van der Waals surface area (Å²) in [4.78, 5) is 5.38. The fraction of sp³-hybridized carbons (Fsp3) is 0.0339. The van der Waals surface area contributed by atoms with E-state index in [1.807, 2.05) is 0 Å². The van der Waals surface area contributed by atoms with Gasteiger partial charge >= 0.3 is 0 Å². The van der Waals surface area contributed by atoms with E-state index in [4.69, 9.17) is 4.98 Å². The van der Waals surface area contributed by atoms with E-state index in [1.165, 1.54) is 83.1 Å². The van der Waals surface area contributed by atoms with Gasteiger partial charge in [-0.25, -0.2) is 4.98 Å². The molecule has 2 nitrogen and oxygen atoms in total. The van der Waals surface area contributed by atoms with Crippen molar-refractivity contribution >= 4 is 21.8 Å². The minimum absolute atomic E-state index is 0.200. The molecule has 61 heavy (non-hydrogen) atoms. The second kappa shape index (κ2) is 14.5. The lowest BCUT2D eigenvalue weighted by atomic mass is 9.76. The van der Waals surface area contributed by atoms with E-state index in [-0.39, 0.29) is 6.04 Å². The summed E-state index contributed by atoms with van der Waals surface area (Å²) in [6, 6.07) is 73.5. The quantitative estimate of drug-likeness (QED) is 0.158. The van der Waals surface area contributed by atoms with Gasteiger partial charge in [-0.1, -0.05) is 212 Å². The second-order valence-electron chi connectivity index (χ2n) is 16.1. The van der Waals surface area contributed by atoms with Crippen LogP contribution in [0.5, 0.6) is 0 Å². The van der Waals surface area contributed by atoms with Crippen LogP contribution >= 0.6 is 0 Å². The minimum atomic E-state index is 0.200. The first-order valence-electron chi connectivity index (χ1n) is 21.2. The van der Waals surface area contributed by atoms with Crippen LogP contribution in [0.1, 0.15) is 12.5 Å². The van der Waals surface area contributed by atoms with Crippen LogP contribution in [0, 0.1) is 0 Å². The molecule has 1 unspecified atom stereocenters. The molecule has 1 aromatic heterocycles. The van der Waals surface area contributed by atoms with Crippen molar-refractivity contribution in [3.63, 3.8) is 0 Å². The van der Waals surface area contributed by atoms with Crippen molar-refractivity contribution in [1.82, 2.24) is 9.55 Å². The number of imidazole rings is 1. The molecule has 12 rings (SSSR count). The molecule has 1 atom stereocenters. The lowest BCUT2D eigenvalue weighted by Gasteiger charge is -2.26. The zero-order chi connectivity index (χ0) is 40.3. The van der Waals surface area contributed by atoms with Gasteiger partial charge in [-0.3, -0.25) is 0 Å². The minimum Gasteiger partial charge on any atom is -0.317 e. The molecule has 2 heteroatoms. The van der Waals surface area contributed by atoms with Crippen LogP contribution in [0.15, 0.2) is 224 Å². The van der Waals surface area contributed by atoms with Crippen molar-refractivity contribution < 1.29 is 0 Å². The number of fused-ring (bicyclic) bond motifs is 4. The summed E-state index contributed by atoms with van der Waals surface area (Å²) < 4.78 is 2.42. The first-order chi connectivity index (χ1) is 30.3. The van der Waals surface area contributed by atoms with Crippen LogP contribution in [0.2, 0.25) is 0 Å². The van der Waals surface area contributed by atoms with E-state index >= 15 is 0 Å². The second-order valence-corrected chi connectivity index (χ2v) is 16.1. The van der Waals surface area contributed by atoms with E-state index in [9.17, 15) is 0 Å². The van der Waals surface area contributed by atoms with Crippen LogP contribution in [0.25, 0.3) is 111 Å². The molecule has 0 aliphatic heterocycles. The highest BCUT2D eigenvalue weighted by atomic mass is 15.1. The summed E-state index contributed by atoms with van der Waals surface area (Å²) in [6.45, 7) is 0. The molecule has 286 valence electrons. The fourth-order valence-corrected chi connectivity index (χ4v) is 10.1. The molecule has 0 spiro atoms.